The van der Waals surface area contributed by atoms with Crippen LogP contribution in [0.1, 0.15) is 0 Å². The molecule has 10 heavy (non-hydrogen) atoms. The Morgan fingerprint density at radius 3 is 2.30 bits per heavy atom. The molecule has 4 N–H and O–H groups in total. The highest BCUT2D eigenvalue weighted by atomic mass is 127. The van der Waals surface area contributed by atoms with E-state index >= 15 is 0 Å². The number of nitrogens with one attached hydrogen (secondary N) is 1. The predicted molar refractivity (Wildman–Crippen MR) is 45.7 cm³/mol. The summed E-state index contributed by atoms with van der Waals surface area (Å²) >= 11 is 2.26. The van der Waals surface area contributed by atoms with Crippen LogP contribution in [0.25, 0.3) is 0 Å². The van der Waals surface area contributed by atoms with Crippen LogP contribution in [0.4, 0.5) is 5.69 Å². The van der Waals surface area contributed by atoms with Crippen molar-refractivity contribution < 1.29 is 18.2 Å². The largest absolute Gasteiger partial charge is 1.00 e. The van der Waals surface area contributed by atoms with Crippen LogP contribution in [0, 0.1) is 3.57 Å². The van der Waals surface area contributed by atoms with E-state index in [0.29, 0.717) is 0 Å². The number of anilines is 1. The summed E-state index contributed by atoms with van der Waals surface area (Å²) in [7, 11) is 0. The van der Waals surface area contributed by atoms with Gasteiger partial charge in [-0.05, 0) is 34.7 Å². The highest BCUT2D eigenvalue weighted by Gasteiger charge is 1.92. The molecule has 0 aliphatic rings. The first-order valence-electron chi connectivity index (χ1n) is 2.62. The molecule has 1 aromatic rings. The number of hydrogen-bond donors (Lipinski definition) is 2. The third-order valence-corrected chi connectivity index (χ3v) is 2.00. The van der Waals surface area contributed by atoms with Gasteiger partial charge in [-0.1, -0.05) is 12.1 Å². The van der Waals surface area contributed by atoms with Gasteiger partial charge in [-0.25, -0.2) is 5.43 Å². The summed E-state index contributed by atoms with van der Waals surface area (Å²) in [6, 6.07) is 8.02. The lowest BCUT2D eigenvalue weighted by atomic mass is 10.3. The average Bonchev–Trinajstić information content (AvgIpc) is 1.89. The molecule has 0 aliphatic heterocycles. The lowest BCUT2D eigenvalue weighted by Gasteiger charge is -1.96. The maximum Gasteiger partial charge on any atom is 0.0980 e. The van der Waals surface area contributed by atoms with Crippen LogP contribution in [0.15, 0.2) is 24.3 Å². The van der Waals surface area contributed by atoms with Gasteiger partial charge in [-0.2, -0.15) is 0 Å². The lowest BCUT2D eigenvalue weighted by molar-refractivity contribution is -0.325. The summed E-state index contributed by atoms with van der Waals surface area (Å²) in [5, 5.41) is 0. The molecule has 0 amide bonds. The Morgan fingerprint density at radius 1 is 1.30 bits per heavy atom. The molecule has 0 saturated carbocycles. The summed E-state index contributed by atoms with van der Waals surface area (Å²) in [4.78, 5) is 0. The Bertz CT molecular complexity index is 205. The first-order chi connectivity index (χ1) is 4.34. The monoisotopic (exact) mass is 270 g/mol. The molecular formula is C6H8ClIN2. The zero-order valence-electron chi connectivity index (χ0n) is 5.27. The van der Waals surface area contributed by atoms with Crippen LogP contribution >= 0.6 is 22.6 Å². The second kappa shape index (κ2) is 4.76. The van der Waals surface area contributed by atoms with Crippen molar-refractivity contribution in [2.75, 3.05) is 5.43 Å². The molecule has 0 aliphatic carbocycles. The second-order valence-electron chi connectivity index (χ2n) is 1.66. The molecule has 2 nitrogen and oxygen atoms in total. The highest BCUT2D eigenvalue weighted by molar-refractivity contribution is 14.1. The molecule has 0 atom stereocenters. The van der Waals surface area contributed by atoms with Gasteiger partial charge in [0.25, 0.3) is 0 Å². The van der Waals surface area contributed by atoms with E-state index in [1.165, 1.54) is 3.57 Å². The third-order valence-electron chi connectivity index (χ3n) is 1.06. The van der Waals surface area contributed by atoms with E-state index in [-0.39, 0.29) is 12.4 Å². The van der Waals surface area contributed by atoms with Gasteiger partial charge >= 0.3 is 0 Å². The highest BCUT2D eigenvalue weighted by Crippen LogP contribution is 2.14. The quantitative estimate of drug-likeness (QED) is 0.444. The maximum absolute atomic E-state index is 3.56. The summed E-state index contributed by atoms with van der Waals surface area (Å²) in [6.45, 7) is 0. The van der Waals surface area contributed by atoms with Gasteiger partial charge < -0.3 is 12.4 Å². The summed E-state index contributed by atoms with van der Waals surface area (Å²) in [5.74, 6) is 3.56. The van der Waals surface area contributed by atoms with Crippen LogP contribution in [0.2, 0.25) is 0 Å². The maximum atomic E-state index is 3.56. The number of benzene rings is 1. The van der Waals surface area contributed by atoms with Crippen LogP contribution < -0.4 is 23.7 Å². The standard InChI is InChI=1S/C6H7IN2.ClH/c7-5-3-1-2-4-6(5)9-8;/h1-4,9H,8H2;1H. The minimum atomic E-state index is 0. The Kier molecular flexibility index (Phi) is 4.76. The van der Waals surface area contributed by atoms with E-state index < -0.39 is 0 Å². The van der Waals surface area contributed by atoms with Crippen molar-refractivity contribution in [1.29, 1.82) is 0 Å². The van der Waals surface area contributed by atoms with Crippen LogP contribution in [-0.4, -0.2) is 0 Å². The average molecular weight is 271 g/mol. The van der Waals surface area contributed by atoms with E-state index in [4.69, 9.17) is 0 Å². The normalized spacial score (nSPS) is 8.20. The van der Waals surface area contributed by atoms with E-state index in [9.17, 15) is 0 Å². The predicted octanol–water partition coefficient (Wildman–Crippen LogP) is -2.14. The van der Waals surface area contributed by atoms with Crippen LogP contribution in [0.5, 0.6) is 0 Å². The van der Waals surface area contributed by atoms with Crippen molar-refractivity contribution >= 4 is 28.3 Å². The number of quaternary nitrogens is 1. The Balaban J connectivity index is 0.000000810. The Morgan fingerprint density at radius 2 is 1.90 bits per heavy atom. The fourth-order valence-electron chi connectivity index (χ4n) is 0.605. The van der Waals surface area contributed by atoms with Gasteiger partial charge in [-0.3, -0.25) is 5.84 Å². The van der Waals surface area contributed by atoms with Gasteiger partial charge in [-0.15, -0.1) is 0 Å². The molecule has 0 fully saturated rings. The van der Waals surface area contributed by atoms with Crippen molar-refractivity contribution in [3.05, 3.63) is 27.8 Å². The molecule has 0 aromatic heterocycles. The van der Waals surface area contributed by atoms with Crippen LogP contribution in [0.3, 0.4) is 0 Å². The molecule has 1 rings (SSSR count). The van der Waals surface area contributed by atoms with Crippen molar-refractivity contribution in [1.82, 2.24) is 0 Å². The molecule has 1 aromatic carbocycles. The lowest BCUT2D eigenvalue weighted by Crippen LogP contribution is -3.00. The zero-order valence-corrected chi connectivity index (χ0v) is 8.19. The molecule has 0 radical (unpaired) electrons. The summed E-state index contributed by atoms with van der Waals surface area (Å²) in [5.41, 5.74) is 3.92. The minimum Gasteiger partial charge on any atom is -1.00 e. The molecule has 56 valence electrons. The van der Waals surface area contributed by atoms with Crippen molar-refractivity contribution in [3.63, 3.8) is 0 Å². The van der Waals surface area contributed by atoms with E-state index in [2.05, 4.69) is 33.9 Å². The topological polar surface area (TPSA) is 39.7 Å². The molecular weight excluding hydrogens is 262 g/mol. The number of hydrogen-bond acceptors (Lipinski definition) is 1. The van der Waals surface area contributed by atoms with Crippen molar-refractivity contribution in [3.8, 4) is 0 Å². The third kappa shape index (κ3) is 2.32. The number of para-hydroxylation sites is 1. The van der Waals surface area contributed by atoms with Crippen molar-refractivity contribution in [2.24, 2.45) is 0 Å². The Hall–Kier alpha value is -0.000000000000000111. The summed E-state index contributed by atoms with van der Waals surface area (Å²) in [6.07, 6.45) is 0. The molecule has 0 heterocycles. The van der Waals surface area contributed by atoms with Gasteiger partial charge in [0.1, 0.15) is 0 Å². The molecule has 0 spiro atoms. The van der Waals surface area contributed by atoms with Gasteiger partial charge in [0.15, 0.2) is 0 Å². The first kappa shape index (κ1) is 10.0. The second-order valence-corrected chi connectivity index (χ2v) is 2.82. The molecule has 0 unspecified atom stereocenters. The van der Waals surface area contributed by atoms with Gasteiger partial charge in [0.2, 0.25) is 0 Å². The zero-order chi connectivity index (χ0) is 6.69. The first-order valence-corrected chi connectivity index (χ1v) is 3.70. The molecule has 0 bridgehead atoms. The van der Waals surface area contributed by atoms with E-state index in [0.717, 1.165) is 5.69 Å². The van der Waals surface area contributed by atoms with E-state index in [1.807, 2.05) is 24.3 Å². The minimum absolute atomic E-state index is 0. The fraction of sp³-hybridized carbons (Fsp3) is 0. The smallest absolute Gasteiger partial charge is 0.0980 e. The van der Waals surface area contributed by atoms with Crippen molar-refractivity contribution in [2.45, 2.75) is 0 Å². The number of halogens is 2. The Labute approximate surface area is 79.7 Å². The van der Waals surface area contributed by atoms with Gasteiger partial charge in [0.05, 0.1) is 5.69 Å². The molecule has 0 saturated heterocycles. The van der Waals surface area contributed by atoms with E-state index in [1.54, 1.807) is 0 Å². The number of rotatable bonds is 1. The molecule has 4 heteroatoms. The summed E-state index contributed by atoms with van der Waals surface area (Å²) < 4.78 is 1.20. The fourth-order valence-corrected chi connectivity index (χ4v) is 1.18. The van der Waals surface area contributed by atoms with Crippen LogP contribution in [-0.2, 0) is 0 Å². The van der Waals surface area contributed by atoms with Gasteiger partial charge in [0, 0.05) is 3.57 Å². The SMILES string of the molecule is [Cl-].[NH3+]Nc1ccccc1I.